The van der Waals surface area contributed by atoms with Gasteiger partial charge in [0, 0.05) is 10.8 Å². The highest BCUT2D eigenvalue weighted by atomic mass is 15.1. The number of rotatable bonds is 1. The van der Waals surface area contributed by atoms with Gasteiger partial charge in [-0.3, -0.25) is 4.40 Å². The molecule has 0 saturated carbocycles. The minimum absolute atomic E-state index is 0.0658. The molecule has 1 aliphatic carbocycles. The van der Waals surface area contributed by atoms with Crippen molar-refractivity contribution < 1.29 is 0 Å². The molecule has 0 unspecified atom stereocenters. The van der Waals surface area contributed by atoms with Crippen LogP contribution in [0.25, 0.3) is 27.6 Å². The van der Waals surface area contributed by atoms with Crippen LogP contribution in [0.2, 0.25) is 0 Å². The lowest BCUT2D eigenvalue weighted by Gasteiger charge is -2.44. The molecule has 0 fully saturated rings. The lowest BCUT2D eigenvalue weighted by molar-refractivity contribution is 0.125. The second kappa shape index (κ2) is 11.6. The van der Waals surface area contributed by atoms with Gasteiger partial charge < -0.3 is 0 Å². The van der Waals surface area contributed by atoms with Crippen LogP contribution in [0.3, 0.4) is 0 Å². The number of nitrogens with zero attached hydrogens (tertiary/aromatic N) is 3. The average molecular weight is 532 g/mol. The van der Waals surface area contributed by atoms with Crippen molar-refractivity contribution >= 4 is 27.6 Å². The maximum Gasteiger partial charge on any atom is 0.148 e. The quantitative estimate of drug-likeness (QED) is 0.244. The molecular formula is C36H57N3. The van der Waals surface area contributed by atoms with Crippen LogP contribution in [-0.2, 0) is 16.2 Å². The summed E-state index contributed by atoms with van der Waals surface area (Å²) in [6, 6.07) is 13.1. The summed E-state index contributed by atoms with van der Waals surface area (Å²) in [5.41, 5.74) is 7.33. The molecular weight excluding hydrogens is 474 g/mol. The van der Waals surface area contributed by atoms with E-state index in [0.29, 0.717) is 0 Å². The van der Waals surface area contributed by atoms with Crippen molar-refractivity contribution in [3.05, 3.63) is 53.3 Å². The van der Waals surface area contributed by atoms with Crippen LogP contribution in [0.15, 0.2) is 36.4 Å². The zero-order valence-corrected chi connectivity index (χ0v) is 28.1. The summed E-state index contributed by atoms with van der Waals surface area (Å²) in [5, 5.41) is 1.11. The molecule has 2 heterocycles. The number of para-hydroxylation sites is 1. The van der Waals surface area contributed by atoms with Crippen molar-refractivity contribution in [3.63, 3.8) is 0 Å². The van der Waals surface area contributed by atoms with Gasteiger partial charge in [0.1, 0.15) is 11.5 Å². The zero-order valence-electron chi connectivity index (χ0n) is 28.1. The number of benzene rings is 2. The van der Waals surface area contributed by atoms with Crippen LogP contribution in [-0.4, -0.2) is 14.4 Å². The number of aromatic nitrogens is 3. The van der Waals surface area contributed by atoms with Gasteiger partial charge in [0.2, 0.25) is 0 Å². The Bertz CT molecular complexity index is 1410. The zero-order chi connectivity index (χ0) is 30.1. The summed E-state index contributed by atoms with van der Waals surface area (Å²) in [5.74, 6) is 1.95. The van der Waals surface area contributed by atoms with Crippen LogP contribution >= 0.6 is 0 Å². The predicted octanol–water partition coefficient (Wildman–Crippen LogP) is 11.0. The van der Waals surface area contributed by atoms with Crippen molar-refractivity contribution in [2.75, 3.05) is 0 Å². The van der Waals surface area contributed by atoms with E-state index < -0.39 is 0 Å². The fourth-order valence-corrected chi connectivity index (χ4v) is 5.43. The summed E-state index contributed by atoms with van der Waals surface area (Å²) < 4.78 is 2.31. The Hall–Kier alpha value is -2.42. The van der Waals surface area contributed by atoms with Gasteiger partial charge in [-0.15, -0.1) is 0 Å². The van der Waals surface area contributed by atoms with Crippen LogP contribution in [0.1, 0.15) is 134 Å². The highest BCUT2D eigenvalue weighted by Crippen LogP contribution is 2.62. The molecule has 1 aliphatic rings. The maximum absolute atomic E-state index is 5.18. The third-order valence-corrected chi connectivity index (χ3v) is 9.34. The average Bonchev–Trinajstić information content (AvgIpc) is 3.31. The molecule has 0 saturated heterocycles. The number of hydrogen-bond donors (Lipinski definition) is 0. The molecule has 216 valence electrons. The Morgan fingerprint density at radius 1 is 0.769 bits per heavy atom. The summed E-state index contributed by atoms with van der Waals surface area (Å²) in [6.45, 7) is 35.7. The normalized spacial score (nSPS) is 16.6. The Labute approximate surface area is 239 Å². The van der Waals surface area contributed by atoms with Crippen molar-refractivity contribution in [3.8, 4) is 0 Å². The standard InChI is InChI=1S/C27H33N3.C5H12.2C2H6/c1-24(2,3)23-29-19-13-11-10-12-16(19)22-28-20-14-17-18(15-21(20)30(22)23)26(6,7)27(8,9)25(17,4)5;1-4-5(2)3;2*1-2/h10-15H,1-9H3;5H,4H2,1-3H3;2*1-2H3. The van der Waals surface area contributed by atoms with Gasteiger partial charge in [-0.1, -0.05) is 129 Å². The topological polar surface area (TPSA) is 30.2 Å². The largest absolute Gasteiger partial charge is 0.279 e. The maximum atomic E-state index is 5.18. The highest BCUT2D eigenvalue weighted by molar-refractivity contribution is 5.97. The molecule has 0 spiro atoms. The SMILES string of the molecule is CC.CC.CC(C)(C)c1nc2ccccc2c2nc3cc4c(cc3n12)C(C)(C)C(C)(C)C4(C)C.CCC(C)C. The van der Waals surface area contributed by atoms with E-state index in [9.17, 15) is 0 Å². The Balaban J connectivity index is 0.000000527. The molecule has 0 aliphatic heterocycles. The van der Waals surface area contributed by atoms with E-state index in [1.165, 1.54) is 23.1 Å². The van der Waals surface area contributed by atoms with E-state index >= 15 is 0 Å². The van der Waals surface area contributed by atoms with Gasteiger partial charge in [0.05, 0.1) is 16.6 Å². The number of hydrogen-bond acceptors (Lipinski definition) is 2. The number of fused-ring (bicyclic) bond motifs is 6. The molecule has 0 N–H and O–H groups in total. The molecule has 0 amide bonds. The van der Waals surface area contributed by atoms with Gasteiger partial charge in [0.15, 0.2) is 0 Å². The smallest absolute Gasteiger partial charge is 0.148 e. The van der Waals surface area contributed by atoms with Crippen LogP contribution in [0.4, 0.5) is 0 Å². The van der Waals surface area contributed by atoms with Crippen molar-refractivity contribution in [2.45, 2.75) is 133 Å². The van der Waals surface area contributed by atoms with E-state index in [2.05, 4.69) is 124 Å². The molecule has 0 radical (unpaired) electrons. The lowest BCUT2D eigenvalue weighted by atomic mass is 9.59. The molecule has 0 atom stereocenters. The van der Waals surface area contributed by atoms with Gasteiger partial charge in [-0.2, -0.15) is 0 Å². The summed E-state index contributed by atoms with van der Waals surface area (Å²) in [7, 11) is 0. The first-order valence-electron chi connectivity index (χ1n) is 15.3. The fourth-order valence-electron chi connectivity index (χ4n) is 5.43. The molecule has 4 aromatic rings. The first-order valence-corrected chi connectivity index (χ1v) is 15.3. The fraction of sp³-hybridized carbons (Fsp3) is 0.611. The Morgan fingerprint density at radius 3 is 1.74 bits per heavy atom. The van der Waals surface area contributed by atoms with Crippen LogP contribution < -0.4 is 0 Å². The van der Waals surface area contributed by atoms with E-state index in [1.807, 2.05) is 27.7 Å². The third-order valence-electron chi connectivity index (χ3n) is 9.34. The van der Waals surface area contributed by atoms with Gasteiger partial charge in [-0.25, -0.2) is 9.97 Å². The monoisotopic (exact) mass is 531 g/mol. The minimum atomic E-state index is -0.0943. The van der Waals surface area contributed by atoms with Crippen molar-refractivity contribution in [1.29, 1.82) is 0 Å². The molecule has 5 rings (SSSR count). The summed E-state index contributed by atoms with van der Waals surface area (Å²) in [6.07, 6.45) is 1.31. The molecule has 3 heteroatoms. The molecule has 3 nitrogen and oxygen atoms in total. The van der Waals surface area contributed by atoms with Gasteiger partial charge in [-0.05, 0) is 57.6 Å². The Kier molecular flexibility index (Phi) is 9.75. The molecule has 2 aromatic carbocycles. The van der Waals surface area contributed by atoms with Gasteiger partial charge in [0.25, 0.3) is 0 Å². The first-order chi connectivity index (χ1) is 18.1. The predicted molar refractivity (Wildman–Crippen MR) is 174 cm³/mol. The highest BCUT2D eigenvalue weighted by Gasteiger charge is 2.57. The second-order valence-electron chi connectivity index (χ2n) is 13.5. The molecule has 2 aromatic heterocycles. The van der Waals surface area contributed by atoms with E-state index in [1.54, 1.807) is 0 Å². The summed E-state index contributed by atoms with van der Waals surface area (Å²) in [4.78, 5) is 10.3. The minimum Gasteiger partial charge on any atom is -0.279 e. The molecule has 0 bridgehead atoms. The van der Waals surface area contributed by atoms with Crippen LogP contribution in [0.5, 0.6) is 0 Å². The Morgan fingerprint density at radius 2 is 1.26 bits per heavy atom. The third kappa shape index (κ3) is 5.35. The van der Waals surface area contributed by atoms with Crippen molar-refractivity contribution in [1.82, 2.24) is 14.4 Å². The summed E-state index contributed by atoms with van der Waals surface area (Å²) >= 11 is 0. The van der Waals surface area contributed by atoms with Crippen molar-refractivity contribution in [2.24, 2.45) is 11.3 Å². The second-order valence-corrected chi connectivity index (χ2v) is 13.5. The van der Waals surface area contributed by atoms with E-state index in [-0.39, 0.29) is 21.7 Å². The number of imidazole rings is 1. The molecule has 39 heavy (non-hydrogen) atoms. The van der Waals surface area contributed by atoms with Gasteiger partial charge >= 0.3 is 0 Å². The van der Waals surface area contributed by atoms with E-state index in [4.69, 9.17) is 9.97 Å². The van der Waals surface area contributed by atoms with E-state index in [0.717, 1.165) is 33.8 Å². The van der Waals surface area contributed by atoms with Crippen LogP contribution in [0, 0.1) is 11.3 Å². The lowest BCUT2D eigenvalue weighted by Crippen LogP contribution is -2.42. The first kappa shape index (κ1) is 32.8.